The number of sulfonamides is 1. The van der Waals surface area contributed by atoms with Crippen molar-refractivity contribution in [3.8, 4) is 6.07 Å². The lowest BCUT2D eigenvalue weighted by Crippen LogP contribution is -2.59. The van der Waals surface area contributed by atoms with Crippen molar-refractivity contribution in [2.24, 2.45) is 0 Å². The molecule has 1 atom stereocenters. The molecule has 104 valence electrons. The lowest BCUT2D eigenvalue weighted by molar-refractivity contribution is -0.164. The van der Waals surface area contributed by atoms with Gasteiger partial charge in [0.05, 0.1) is 17.3 Å². The smallest absolute Gasteiger partial charge is 0.230 e. The molecular weight excluding hydrogens is 252 g/mol. The summed E-state index contributed by atoms with van der Waals surface area (Å²) in [6.07, 6.45) is 0.303. The Morgan fingerprint density at radius 1 is 1.28 bits per heavy atom. The van der Waals surface area contributed by atoms with E-state index in [2.05, 4.69) is 0 Å². The van der Waals surface area contributed by atoms with Crippen LogP contribution >= 0.6 is 0 Å². The molecule has 1 saturated heterocycles. The number of nitrogens with zero attached hydrogens (tertiary/aromatic N) is 2. The zero-order valence-corrected chi connectivity index (χ0v) is 12.5. The molecule has 0 radical (unpaired) electrons. The lowest BCUT2D eigenvalue weighted by Gasteiger charge is -2.46. The van der Waals surface area contributed by atoms with Gasteiger partial charge in [0.15, 0.2) is 5.25 Å². The summed E-state index contributed by atoms with van der Waals surface area (Å²) in [5, 5.41) is 8.00. The van der Waals surface area contributed by atoms with Gasteiger partial charge in [0.2, 0.25) is 10.0 Å². The average molecular weight is 274 g/mol. The number of nitriles is 1. The van der Waals surface area contributed by atoms with Crippen molar-refractivity contribution in [1.29, 1.82) is 5.26 Å². The van der Waals surface area contributed by atoms with Gasteiger partial charge in [-0.25, -0.2) is 8.42 Å². The zero-order valence-electron chi connectivity index (χ0n) is 11.7. The minimum atomic E-state index is -3.57. The Hall–Kier alpha value is -0.640. The summed E-state index contributed by atoms with van der Waals surface area (Å²) in [6.45, 7) is 9.75. The maximum absolute atomic E-state index is 12.4. The highest BCUT2D eigenvalue weighted by Gasteiger charge is 2.44. The fourth-order valence-corrected chi connectivity index (χ4v) is 4.34. The largest absolute Gasteiger partial charge is 0.367 e. The van der Waals surface area contributed by atoms with E-state index in [0.717, 1.165) is 0 Å². The molecule has 1 fully saturated rings. The maximum atomic E-state index is 12.4. The van der Waals surface area contributed by atoms with Crippen LogP contribution in [0, 0.1) is 11.3 Å². The average Bonchev–Trinajstić information content (AvgIpc) is 2.14. The third-order valence-corrected chi connectivity index (χ3v) is 5.04. The highest BCUT2D eigenvalue weighted by molar-refractivity contribution is 7.90. The first-order valence-electron chi connectivity index (χ1n) is 6.13. The Morgan fingerprint density at radius 2 is 1.72 bits per heavy atom. The van der Waals surface area contributed by atoms with Crippen LogP contribution < -0.4 is 0 Å². The molecule has 0 saturated carbocycles. The van der Waals surface area contributed by atoms with Gasteiger partial charge in [0, 0.05) is 13.1 Å². The summed E-state index contributed by atoms with van der Waals surface area (Å²) in [5.41, 5.74) is -1.08. The number of hydrogen-bond acceptors (Lipinski definition) is 4. The van der Waals surface area contributed by atoms with Crippen molar-refractivity contribution in [3.63, 3.8) is 0 Å². The monoisotopic (exact) mass is 274 g/mol. The van der Waals surface area contributed by atoms with Crippen molar-refractivity contribution >= 4 is 10.0 Å². The molecule has 6 heteroatoms. The van der Waals surface area contributed by atoms with Gasteiger partial charge in [-0.2, -0.15) is 9.57 Å². The van der Waals surface area contributed by atoms with Gasteiger partial charge < -0.3 is 4.74 Å². The number of rotatable bonds is 3. The van der Waals surface area contributed by atoms with E-state index >= 15 is 0 Å². The van der Waals surface area contributed by atoms with Crippen LogP contribution in [0.1, 0.15) is 41.0 Å². The second-order valence-corrected chi connectivity index (χ2v) is 8.08. The molecule has 0 aliphatic carbocycles. The van der Waals surface area contributed by atoms with Gasteiger partial charge in [-0.15, -0.1) is 0 Å². The first-order chi connectivity index (χ1) is 8.04. The van der Waals surface area contributed by atoms with E-state index in [1.54, 1.807) is 6.92 Å². The van der Waals surface area contributed by atoms with Crippen molar-refractivity contribution in [2.45, 2.75) is 57.5 Å². The molecule has 0 spiro atoms. The summed E-state index contributed by atoms with van der Waals surface area (Å²) < 4.78 is 32.0. The van der Waals surface area contributed by atoms with Gasteiger partial charge >= 0.3 is 0 Å². The van der Waals surface area contributed by atoms with Crippen molar-refractivity contribution < 1.29 is 13.2 Å². The Balaban J connectivity index is 3.07. The summed E-state index contributed by atoms with van der Waals surface area (Å²) >= 11 is 0. The van der Waals surface area contributed by atoms with Crippen molar-refractivity contribution in [1.82, 2.24) is 4.31 Å². The van der Waals surface area contributed by atoms with Crippen molar-refractivity contribution in [3.05, 3.63) is 0 Å². The molecule has 1 aliphatic rings. The predicted molar refractivity (Wildman–Crippen MR) is 69.4 cm³/mol. The highest BCUT2D eigenvalue weighted by Crippen LogP contribution is 2.30. The second kappa shape index (κ2) is 4.80. The zero-order chi connectivity index (χ0) is 14.2. The van der Waals surface area contributed by atoms with Crippen LogP contribution in [0.25, 0.3) is 0 Å². The van der Waals surface area contributed by atoms with Gasteiger partial charge in [0.1, 0.15) is 0 Å². The molecule has 1 heterocycles. The van der Waals surface area contributed by atoms with Crippen molar-refractivity contribution in [2.75, 3.05) is 13.1 Å². The van der Waals surface area contributed by atoms with Crippen LogP contribution in [0.4, 0.5) is 0 Å². The summed E-state index contributed by atoms with van der Waals surface area (Å²) in [5.74, 6) is 0. The third-order valence-electron chi connectivity index (χ3n) is 2.90. The normalized spacial score (nSPS) is 25.3. The molecule has 5 nitrogen and oxygen atoms in total. The van der Waals surface area contributed by atoms with Gasteiger partial charge in [0.25, 0.3) is 0 Å². The Morgan fingerprint density at radius 3 is 2.06 bits per heavy atom. The summed E-state index contributed by atoms with van der Waals surface area (Å²) in [7, 11) is -3.57. The maximum Gasteiger partial charge on any atom is 0.230 e. The number of morpholine rings is 1. The lowest BCUT2D eigenvalue weighted by atomic mass is 10.0. The van der Waals surface area contributed by atoms with E-state index in [0.29, 0.717) is 6.42 Å². The molecule has 1 aliphatic heterocycles. The van der Waals surface area contributed by atoms with E-state index < -0.39 is 26.5 Å². The minimum Gasteiger partial charge on any atom is -0.367 e. The first kappa shape index (κ1) is 15.4. The Bertz CT molecular complexity index is 432. The standard InChI is InChI=1S/C12H22N2O3S/c1-6-10(7-13)18(15,16)14-8-11(2,3)17-12(4,5)9-14/h10H,6,8-9H2,1-5H3. The van der Waals surface area contributed by atoms with Crippen LogP contribution in [-0.2, 0) is 14.8 Å². The fraction of sp³-hybridized carbons (Fsp3) is 0.917. The molecule has 0 aromatic rings. The topological polar surface area (TPSA) is 70.4 Å². The minimum absolute atomic E-state index is 0.289. The molecule has 1 rings (SSSR count). The van der Waals surface area contributed by atoms with E-state index in [-0.39, 0.29) is 13.1 Å². The van der Waals surface area contributed by atoms with E-state index in [1.807, 2.05) is 33.8 Å². The molecule has 0 aromatic heterocycles. The summed E-state index contributed by atoms with van der Waals surface area (Å²) in [6, 6.07) is 1.87. The third kappa shape index (κ3) is 3.22. The van der Waals surface area contributed by atoms with Crippen LogP contribution in [0.5, 0.6) is 0 Å². The van der Waals surface area contributed by atoms with E-state index in [9.17, 15) is 8.42 Å². The highest BCUT2D eigenvalue weighted by atomic mass is 32.2. The van der Waals surface area contributed by atoms with E-state index in [1.165, 1.54) is 4.31 Å². The first-order valence-corrected chi connectivity index (χ1v) is 7.63. The summed E-state index contributed by atoms with van der Waals surface area (Å²) in [4.78, 5) is 0. The molecule has 0 amide bonds. The number of hydrogen-bond donors (Lipinski definition) is 0. The van der Waals surface area contributed by atoms with Gasteiger partial charge in [-0.1, -0.05) is 6.92 Å². The Labute approximate surface area is 110 Å². The van der Waals surface area contributed by atoms with Gasteiger partial charge in [-0.05, 0) is 34.1 Å². The van der Waals surface area contributed by atoms with Crippen LogP contribution in [0.15, 0.2) is 0 Å². The van der Waals surface area contributed by atoms with E-state index in [4.69, 9.17) is 10.00 Å². The van der Waals surface area contributed by atoms with Crippen LogP contribution in [-0.4, -0.2) is 42.3 Å². The van der Waals surface area contributed by atoms with Gasteiger partial charge in [-0.3, -0.25) is 0 Å². The fourth-order valence-electron chi connectivity index (χ4n) is 2.45. The molecular formula is C12H22N2O3S. The molecule has 18 heavy (non-hydrogen) atoms. The number of ether oxygens (including phenoxy) is 1. The van der Waals surface area contributed by atoms with Crippen LogP contribution in [0.2, 0.25) is 0 Å². The second-order valence-electron chi connectivity index (χ2n) is 5.96. The molecule has 0 N–H and O–H groups in total. The quantitative estimate of drug-likeness (QED) is 0.782. The molecule has 0 bridgehead atoms. The van der Waals surface area contributed by atoms with Crippen LogP contribution in [0.3, 0.4) is 0 Å². The molecule has 1 unspecified atom stereocenters. The Kier molecular flexibility index (Phi) is 4.11. The SMILES string of the molecule is CCC(C#N)S(=O)(=O)N1CC(C)(C)OC(C)(C)C1. The molecule has 0 aromatic carbocycles. The predicted octanol–water partition coefficient (Wildman–Crippen LogP) is 1.51.